The Kier molecular flexibility index (Phi) is 19.2. The minimum atomic E-state index is -0.786. The molecule has 0 spiro atoms. The van der Waals surface area contributed by atoms with Crippen LogP contribution in [0.2, 0.25) is 0 Å². The Balaban J connectivity index is 3.78. The van der Waals surface area contributed by atoms with Gasteiger partial charge in [-0.15, -0.1) is 0 Å². The molecule has 0 N–H and O–H groups in total. The van der Waals surface area contributed by atoms with Gasteiger partial charge < -0.3 is 42.7 Å². The molecule has 0 saturated heterocycles. The van der Waals surface area contributed by atoms with Gasteiger partial charge in [-0.25, -0.2) is 14.5 Å². The van der Waals surface area contributed by atoms with Gasteiger partial charge in [0.05, 0.1) is 79.2 Å². The van der Waals surface area contributed by atoms with Crippen LogP contribution in [0.25, 0.3) is 0 Å². The van der Waals surface area contributed by atoms with Crippen molar-refractivity contribution in [2.45, 2.75) is 52.7 Å². The van der Waals surface area contributed by atoms with E-state index in [1.165, 1.54) is 0 Å². The van der Waals surface area contributed by atoms with Gasteiger partial charge in [0.1, 0.15) is 24.1 Å². The number of hydrogen-bond acceptors (Lipinski definition) is 11. The maximum atomic E-state index is 12.4. The first-order valence-corrected chi connectivity index (χ1v) is 12.1. The highest BCUT2D eigenvalue weighted by Crippen LogP contribution is 2.14. The van der Waals surface area contributed by atoms with Crippen LogP contribution < -0.4 is 0 Å². The van der Waals surface area contributed by atoms with Crippen LogP contribution in [0.1, 0.15) is 41.5 Å². The topological polar surface area (TPSA) is 128 Å². The molecular weight excluding hydrogens is 478 g/mol. The summed E-state index contributed by atoms with van der Waals surface area (Å²) in [5.41, 5.74) is -1.49. The SMILES string of the molecule is CC(C)(C)OC(=O)N(CCOCCOCCOCCOCCOCCOCC=O)C(=O)OC(C)(C)C. The average Bonchev–Trinajstić information content (AvgIpc) is 2.75. The molecule has 0 heterocycles. The summed E-state index contributed by atoms with van der Waals surface area (Å²) in [6.07, 6.45) is -0.876. The quantitative estimate of drug-likeness (QED) is 0.172. The summed E-state index contributed by atoms with van der Waals surface area (Å²) in [5, 5.41) is 0. The second-order valence-electron chi connectivity index (χ2n) is 9.42. The van der Waals surface area contributed by atoms with E-state index < -0.39 is 23.4 Å². The minimum absolute atomic E-state index is 0.00801. The summed E-state index contributed by atoms with van der Waals surface area (Å²) in [4.78, 5) is 35.7. The monoisotopic (exact) mass is 523 g/mol. The first kappa shape index (κ1) is 34.2. The molecule has 0 aliphatic rings. The molecule has 0 aromatic rings. The molecule has 0 unspecified atom stereocenters. The van der Waals surface area contributed by atoms with Crippen LogP contribution in [0.15, 0.2) is 0 Å². The number of carbonyl (C=O) groups is 3. The van der Waals surface area contributed by atoms with Crippen LogP contribution in [0.4, 0.5) is 9.59 Å². The van der Waals surface area contributed by atoms with Crippen molar-refractivity contribution in [3.63, 3.8) is 0 Å². The summed E-state index contributed by atoms with van der Waals surface area (Å²) in [6, 6.07) is 0. The first-order valence-electron chi connectivity index (χ1n) is 12.1. The van der Waals surface area contributed by atoms with Gasteiger partial charge in [0.2, 0.25) is 0 Å². The fourth-order valence-corrected chi connectivity index (χ4v) is 2.28. The number of nitrogens with zero attached hydrogens (tertiary/aromatic N) is 1. The van der Waals surface area contributed by atoms with Crippen LogP contribution >= 0.6 is 0 Å². The van der Waals surface area contributed by atoms with E-state index in [4.69, 9.17) is 37.9 Å². The van der Waals surface area contributed by atoms with Gasteiger partial charge in [-0.2, -0.15) is 0 Å². The first-order chi connectivity index (χ1) is 17.0. The van der Waals surface area contributed by atoms with E-state index in [9.17, 15) is 14.4 Å². The zero-order valence-electron chi connectivity index (χ0n) is 22.7. The van der Waals surface area contributed by atoms with E-state index in [2.05, 4.69) is 0 Å². The molecule has 2 amide bonds. The fourth-order valence-electron chi connectivity index (χ4n) is 2.28. The number of amides is 2. The van der Waals surface area contributed by atoms with Gasteiger partial charge >= 0.3 is 12.2 Å². The molecule has 12 nitrogen and oxygen atoms in total. The number of ether oxygens (including phenoxy) is 8. The second-order valence-corrected chi connectivity index (χ2v) is 9.42. The Hall–Kier alpha value is -1.83. The highest BCUT2D eigenvalue weighted by Gasteiger charge is 2.30. The van der Waals surface area contributed by atoms with Crippen molar-refractivity contribution in [3.8, 4) is 0 Å². The number of rotatable bonds is 20. The molecule has 12 heteroatoms. The maximum Gasteiger partial charge on any atom is 0.419 e. The molecule has 0 bridgehead atoms. The molecule has 0 rings (SSSR count). The summed E-state index contributed by atoms with van der Waals surface area (Å²) < 4.78 is 42.5. The Morgan fingerprint density at radius 3 is 1.17 bits per heavy atom. The van der Waals surface area contributed by atoms with Crippen molar-refractivity contribution in [2.75, 3.05) is 85.8 Å². The third kappa shape index (κ3) is 22.6. The van der Waals surface area contributed by atoms with E-state index >= 15 is 0 Å². The summed E-state index contributed by atoms with van der Waals surface area (Å²) >= 11 is 0. The normalized spacial score (nSPS) is 11.8. The average molecular weight is 524 g/mol. The van der Waals surface area contributed by atoms with E-state index in [1.807, 2.05) is 0 Å². The Morgan fingerprint density at radius 1 is 0.556 bits per heavy atom. The molecule has 0 radical (unpaired) electrons. The molecular formula is C24H45NO11. The maximum absolute atomic E-state index is 12.4. The number of imide groups is 1. The van der Waals surface area contributed by atoms with E-state index in [0.29, 0.717) is 72.4 Å². The van der Waals surface area contributed by atoms with Crippen molar-refractivity contribution in [1.82, 2.24) is 4.90 Å². The fraction of sp³-hybridized carbons (Fsp3) is 0.875. The zero-order valence-corrected chi connectivity index (χ0v) is 22.7. The van der Waals surface area contributed by atoms with Crippen molar-refractivity contribution in [2.24, 2.45) is 0 Å². The van der Waals surface area contributed by atoms with Gasteiger partial charge in [-0.1, -0.05) is 0 Å². The van der Waals surface area contributed by atoms with Crippen LogP contribution in [0.3, 0.4) is 0 Å². The van der Waals surface area contributed by atoms with Crippen LogP contribution in [0, 0.1) is 0 Å². The molecule has 0 aliphatic heterocycles. The standard InChI is InChI=1S/C24H45NO11/c1-23(2,3)35-21(27)25(22(28)36-24(4,5)6)7-9-29-11-13-31-15-17-33-19-20-34-18-16-32-14-12-30-10-8-26/h8H,7,9-20H2,1-6H3. The van der Waals surface area contributed by atoms with Crippen LogP contribution in [-0.4, -0.2) is 120 Å². The lowest BCUT2D eigenvalue weighted by atomic mass is 10.2. The molecule has 0 aromatic heterocycles. The third-order valence-corrected chi connectivity index (χ3v) is 3.73. The smallest absolute Gasteiger partial charge is 0.419 e. The largest absolute Gasteiger partial charge is 0.443 e. The lowest BCUT2D eigenvalue weighted by molar-refractivity contribution is -0.112. The van der Waals surface area contributed by atoms with E-state index in [1.54, 1.807) is 41.5 Å². The van der Waals surface area contributed by atoms with Gasteiger partial charge in [-0.05, 0) is 41.5 Å². The highest BCUT2D eigenvalue weighted by atomic mass is 16.6. The van der Waals surface area contributed by atoms with Gasteiger partial charge in [0.25, 0.3) is 0 Å². The van der Waals surface area contributed by atoms with Gasteiger partial charge in [0, 0.05) is 0 Å². The second kappa shape index (κ2) is 20.3. The van der Waals surface area contributed by atoms with E-state index in [0.717, 1.165) is 4.90 Å². The van der Waals surface area contributed by atoms with Crippen molar-refractivity contribution in [3.05, 3.63) is 0 Å². The zero-order chi connectivity index (χ0) is 27.3. The highest BCUT2D eigenvalue weighted by molar-refractivity contribution is 5.88. The number of hydrogen-bond donors (Lipinski definition) is 0. The lowest BCUT2D eigenvalue weighted by Gasteiger charge is -2.28. The number of carbonyl (C=O) groups excluding carboxylic acids is 3. The van der Waals surface area contributed by atoms with Crippen molar-refractivity contribution < 1.29 is 52.3 Å². The molecule has 0 fully saturated rings. The Labute approximate surface area is 214 Å². The number of aldehydes is 1. The molecule has 0 atom stereocenters. The van der Waals surface area contributed by atoms with E-state index in [-0.39, 0.29) is 19.8 Å². The molecule has 212 valence electrons. The van der Waals surface area contributed by atoms with Gasteiger partial charge in [-0.3, -0.25) is 0 Å². The summed E-state index contributed by atoms with van der Waals surface area (Å²) in [6.45, 7) is 14.5. The van der Waals surface area contributed by atoms with Gasteiger partial charge in [0.15, 0.2) is 0 Å². The summed E-state index contributed by atoms with van der Waals surface area (Å²) in [5.74, 6) is 0. The predicted molar refractivity (Wildman–Crippen MR) is 130 cm³/mol. The molecule has 36 heavy (non-hydrogen) atoms. The Bertz CT molecular complexity index is 560. The predicted octanol–water partition coefficient (Wildman–Crippen LogP) is 2.46. The summed E-state index contributed by atoms with van der Waals surface area (Å²) in [7, 11) is 0. The van der Waals surface area contributed by atoms with Crippen molar-refractivity contribution >= 4 is 18.5 Å². The molecule has 0 aliphatic carbocycles. The minimum Gasteiger partial charge on any atom is -0.443 e. The van der Waals surface area contributed by atoms with Crippen molar-refractivity contribution in [1.29, 1.82) is 0 Å². The third-order valence-electron chi connectivity index (χ3n) is 3.73. The Morgan fingerprint density at radius 2 is 0.861 bits per heavy atom. The molecule has 0 aromatic carbocycles. The van der Waals surface area contributed by atoms with Crippen LogP contribution in [0.5, 0.6) is 0 Å². The lowest BCUT2D eigenvalue weighted by Crippen LogP contribution is -2.45. The molecule has 0 saturated carbocycles. The van der Waals surface area contributed by atoms with Crippen LogP contribution in [-0.2, 0) is 42.7 Å².